The van der Waals surface area contributed by atoms with Gasteiger partial charge in [0.1, 0.15) is 12.6 Å². The molecule has 1 unspecified atom stereocenters. The Balaban J connectivity index is 2.10. The van der Waals surface area contributed by atoms with Crippen LogP contribution in [0.3, 0.4) is 0 Å². The van der Waals surface area contributed by atoms with Crippen LogP contribution in [0.1, 0.15) is 37.5 Å². The zero-order valence-corrected chi connectivity index (χ0v) is 24.8. The molecule has 1 atom stereocenters. The van der Waals surface area contributed by atoms with Gasteiger partial charge in [0, 0.05) is 28.7 Å². The van der Waals surface area contributed by atoms with E-state index in [2.05, 4.69) is 5.32 Å². The molecular formula is C29H33Cl2N3O4S. The van der Waals surface area contributed by atoms with Crippen molar-refractivity contribution in [2.75, 3.05) is 17.4 Å². The minimum absolute atomic E-state index is 0.0595. The fourth-order valence-corrected chi connectivity index (χ4v) is 6.13. The molecule has 208 valence electrons. The van der Waals surface area contributed by atoms with Gasteiger partial charge in [-0.05, 0) is 63.1 Å². The van der Waals surface area contributed by atoms with E-state index in [0.29, 0.717) is 34.3 Å². The minimum atomic E-state index is -4.14. The molecule has 0 fully saturated rings. The van der Waals surface area contributed by atoms with Crippen LogP contribution in [-0.2, 0) is 32.6 Å². The van der Waals surface area contributed by atoms with E-state index in [4.69, 9.17) is 23.2 Å². The lowest BCUT2D eigenvalue weighted by atomic mass is 10.1. The average Bonchev–Trinajstić information content (AvgIpc) is 2.91. The fourth-order valence-electron chi connectivity index (χ4n) is 4.16. The van der Waals surface area contributed by atoms with Crippen molar-refractivity contribution in [3.8, 4) is 0 Å². The first-order valence-electron chi connectivity index (χ1n) is 12.7. The van der Waals surface area contributed by atoms with Crippen LogP contribution in [0, 0.1) is 6.92 Å². The smallest absolute Gasteiger partial charge is 0.264 e. The average molecular weight is 591 g/mol. The Morgan fingerprint density at radius 2 is 1.54 bits per heavy atom. The third kappa shape index (κ3) is 7.12. The van der Waals surface area contributed by atoms with Crippen LogP contribution >= 0.6 is 23.2 Å². The first kappa shape index (κ1) is 30.5. The minimum Gasteiger partial charge on any atom is -0.355 e. The summed E-state index contributed by atoms with van der Waals surface area (Å²) in [5.41, 5.74) is 2.53. The van der Waals surface area contributed by atoms with Crippen LogP contribution < -0.4 is 9.62 Å². The molecule has 7 nitrogen and oxygen atoms in total. The quantitative estimate of drug-likeness (QED) is 0.315. The zero-order chi connectivity index (χ0) is 28.7. The number of sulfonamides is 1. The number of amides is 2. The molecule has 0 radical (unpaired) electrons. The summed E-state index contributed by atoms with van der Waals surface area (Å²) >= 11 is 12.8. The number of nitrogens with zero attached hydrogens (tertiary/aromatic N) is 2. The number of hydrogen-bond donors (Lipinski definition) is 1. The number of rotatable bonds is 11. The predicted molar refractivity (Wildman–Crippen MR) is 157 cm³/mol. The highest BCUT2D eigenvalue weighted by atomic mass is 35.5. The first-order valence-corrected chi connectivity index (χ1v) is 14.9. The molecule has 1 N–H and O–H groups in total. The summed E-state index contributed by atoms with van der Waals surface area (Å²) in [6, 6.07) is 17.6. The Kier molecular flexibility index (Phi) is 10.4. The largest absolute Gasteiger partial charge is 0.355 e. The van der Waals surface area contributed by atoms with E-state index in [-0.39, 0.29) is 17.3 Å². The van der Waals surface area contributed by atoms with Crippen molar-refractivity contribution in [1.82, 2.24) is 10.2 Å². The van der Waals surface area contributed by atoms with Gasteiger partial charge in [0.05, 0.1) is 10.6 Å². The number of halogens is 2. The van der Waals surface area contributed by atoms with Crippen LogP contribution in [-0.4, -0.2) is 44.3 Å². The Hall–Kier alpha value is -3.07. The number of aryl methyl sites for hydroxylation is 2. The highest BCUT2D eigenvalue weighted by Gasteiger charge is 2.33. The lowest BCUT2D eigenvalue weighted by Gasteiger charge is -2.33. The Labute approximate surface area is 240 Å². The number of para-hydroxylation sites is 1. The lowest BCUT2D eigenvalue weighted by Crippen LogP contribution is -2.51. The van der Waals surface area contributed by atoms with E-state index < -0.39 is 28.5 Å². The summed E-state index contributed by atoms with van der Waals surface area (Å²) in [7, 11) is -4.14. The molecule has 0 aliphatic carbocycles. The first-order chi connectivity index (χ1) is 18.5. The van der Waals surface area contributed by atoms with Gasteiger partial charge in [0.2, 0.25) is 11.8 Å². The molecule has 0 aliphatic heterocycles. The van der Waals surface area contributed by atoms with Crippen molar-refractivity contribution in [3.05, 3.63) is 93.5 Å². The van der Waals surface area contributed by atoms with Gasteiger partial charge >= 0.3 is 0 Å². The van der Waals surface area contributed by atoms with Crippen molar-refractivity contribution >= 4 is 50.7 Å². The van der Waals surface area contributed by atoms with Crippen molar-refractivity contribution < 1.29 is 18.0 Å². The van der Waals surface area contributed by atoms with E-state index in [9.17, 15) is 18.0 Å². The van der Waals surface area contributed by atoms with Gasteiger partial charge in [0.15, 0.2) is 0 Å². The lowest BCUT2D eigenvalue weighted by molar-refractivity contribution is -0.139. The normalized spacial score (nSPS) is 12.1. The van der Waals surface area contributed by atoms with Crippen LogP contribution in [0.4, 0.5) is 5.69 Å². The van der Waals surface area contributed by atoms with Crippen LogP contribution in [0.25, 0.3) is 0 Å². The number of hydrogen-bond acceptors (Lipinski definition) is 4. The molecule has 0 aromatic heterocycles. The Bertz CT molecular complexity index is 1410. The van der Waals surface area contributed by atoms with Gasteiger partial charge < -0.3 is 10.2 Å². The number of nitrogens with one attached hydrogen (secondary N) is 1. The second-order valence-corrected chi connectivity index (χ2v) is 11.8. The van der Waals surface area contributed by atoms with Gasteiger partial charge in [-0.15, -0.1) is 0 Å². The topological polar surface area (TPSA) is 86.8 Å². The summed E-state index contributed by atoms with van der Waals surface area (Å²) in [5, 5.41) is 3.40. The van der Waals surface area contributed by atoms with Crippen molar-refractivity contribution in [2.24, 2.45) is 0 Å². The highest BCUT2D eigenvalue weighted by Crippen LogP contribution is 2.30. The molecule has 0 spiro atoms. The third-order valence-corrected chi connectivity index (χ3v) is 8.92. The standard InChI is InChI=1S/C29H33Cl2N3O4S/c1-5-22-10-7-8-13-27(22)34(39(37,38)23-16-14-20(3)15-17-23)19-28(35)33(21(4)29(36)32-6-2)18-24-25(30)11-9-12-26(24)31/h7-17,21H,5-6,18-19H2,1-4H3,(H,32,36). The van der Waals surface area contributed by atoms with Crippen molar-refractivity contribution in [1.29, 1.82) is 0 Å². The molecule has 0 saturated carbocycles. The Morgan fingerprint density at radius 3 is 2.13 bits per heavy atom. The molecule has 0 aliphatic rings. The van der Waals surface area contributed by atoms with Gasteiger partial charge in [-0.1, -0.05) is 72.1 Å². The number of benzene rings is 3. The predicted octanol–water partition coefficient (Wildman–Crippen LogP) is 5.61. The van der Waals surface area contributed by atoms with Crippen LogP contribution in [0.2, 0.25) is 10.0 Å². The summed E-state index contributed by atoms with van der Waals surface area (Å²) < 4.78 is 29.1. The SMILES string of the molecule is CCNC(=O)C(C)N(Cc1c(Cl)cccc1Cl)C(=O)CN(c1ccccc1CC)S(=O)(=O)c1ccc(C)cc1. The molecule has 0 heterocycles. The van der Waals surface area contributed by atoms with E-state index in [0.717, 1.165) is 15.4 Å². The maximum Gasteiger partial charge on any atom is 0.264 e. The number of carbonyl (C=O) groups excluding carboxylic acids is 2. The second kappa shape index (κ2) is 13.3. The van der Waals surface area contributed by atoms with Crippen LogP contribution in [0.5, 0.6) is 0 Å². The monoisotopic (exact) mass is 589 g/mol. The van der Waals surface area contributed by atoms with Crippen molar-refractivity contribution in [2.45, 2.75) is 51.6 Å². The van der Waals surface area contributed by atoms with Crippen molar-refractivity contribution in [3.63, 3.8) is 0 Å². The number of likely N-dealkylation sites (N-methyl/N-ethyl adjacent to an activating group) is 1. The number of anilines is 1. The molecule has 0 bridgehead atoms. The van der Waals surface area contributed by atoms with E-state index in [1.54, 1.807) is 56.3 Å². The summed E-state index contributed by atoms with van der Waals surface area (Å²) in [5.74, 6) is -0.956. The summed E-state index contributed by atoms with van der Waals surface area (Å²) in [6.45, 7) is 6.91. The maximum absolute atomic E-state index is 14.0. The molecule has 3 aromatic carbocycles. The van der Waals surface area contributed by atoms with Gasteiger partial charge in [-0.2, -0.15) is 0 Å². The Morgan fingerprint density at radius 1 is 0.923 bits per heavy atom. The van der Waals surface area contributed by atoms with E-state index >= 15 is 0 Å². The van der Waals surface area contributed by atoms with Gasteiger partial charge in [-0.25, -0.2) is 8.42 Å². The molecule has 3 aromatic rings. The fraction of sp³-hybridized carbons (Fsp3) is 0.310. The van der Waals surface area contributed by atoms with E-state index in [1.807, 2.05) is 26.0 Å². The molecule has 2 amide bonds. The van der Waals surface area contributed by atoms with Crippen LogP contribution in [0.15, 0.2) is 71.6 Å². The summed E-state index contributed by atoms with van der Waals surface area (Å²) in [4.78, 5) is 28.2. The zero-order valence-electron chi connectivity index (χ0n) is 22.4. The molecule has 3 rings (SSSR count). The van der Waals surface area contributed by atoms with Gasteiger partial charge in [-0.3, -0.25) is 13.9 Å². The molecular weight excluding hydrogens is 557 g/mol. The maximum atomic E-state index is 14.0. The van der Waals surface area contributed by atoms with Gasteiger partial charge in [0.25, 0.3) is 10.0 Å². The third-order valence-electron chi connectivity index (χ3n) is 6.44. The summed E-state index contributed by atoms with van der Waals surface area (Å²) in [6.07, 6.45) is 0.554. The molecule has 39 heavy (non-hydrogen) atoms. The number of carbonyl (C=O) groups is 2. The molecule has 0 saturated heterocycles. The second-order valence-electron chi connectivity index (χ2n) is 9.10. The molecule has 10 heteroatoms. The highest BCUT2D eigenvalue weighted by molar-refractivity contribution is 7.92. The van der Waals surface area contributed by atoms with E-state index in [1.165, 1.54) is 17.0 Å².